The van der Waals surface area contributed by atoms with Gasteiger partial charge in [-0.3, -0.25) is 0 Å². The van der Waals surface area contributed by atoms with Crippen molar-refractivity contribution >= 4 is 77.2 Å². The second-order valence-corrected chi connectivity index (χ2v) is 16.0. The molecule has 284 valence electrons. The summed E-state index contributed by atoms with van der Waals surface area (Å²) in [5, 5.41) is 60.3. The van der Waals surface area contributed by atoms with Gasteiger partial charge in [0.1, 0.15) is 11.5 Å². The van der Waals surface area contributed by atoms with Crippen molar-refractivity contribution in [1.82, 2.24) is 0 Å². The van der Waals surface area contributed by atoms with Crippen LogP contribution in [0.15, 0.2) is 60.7 Å². The second kappa shape index (κ2) is 13.2. The number of rotatable bonds is 8. The molecule has 7 rings (SSSR count). The Hall–Kier alpha value is -5.32. The quantitative estimate of drug-likeness (QED) is 0.197. The van der Waals surface area contributed by atoms with Gasteiger partial charge in [-0.05, 0) is 70.1 Å². The van der Waals surface area contributed by atoms with Crippen molar-refractivity contribution in [3.63, 3.8) is 0 Å². The molecule has 0 spiro atoms. The summed E-state index contributed by atoms with van der Waals surface area (Å²) in [5.41, 5.74) is 6.61. The van der Waals surface area contributed by atoms with E-state index in [1.165, 1.54) is 0 Å². The van der Waals surface area contributed by atoms with Crippen molar-refractivity contribution in [3.05, 3.63) is 71.8 Å². The minimum absolute atomic E-state index is 0.0365. The van der Waals surface area contributed by atoms with Gasteiger partial charge in [0.2, 0.25) is 0 Å². The van der Waals surface area contributed by atoms with Crippen molar-refractivity contribution in [2.45, 2.75) is 24.0 Å². The maximum Gasteiger partial charge on any atom is 0.123 e. The summed E-state index contributed by atoms with van der Waals surface area (Å²) in [4.78, 5) is 12.2. The molecule has 0 radical (unpaired) electrons. The zero-order valence-corrected chi connectivity index (χ0v) is 33.5. The van der Waals surface area contributed by atoms with Gasteiger partial charge in [0.15, 0.2) is 0 Å². The van der Waals surface area contributed by atoms with Crippen molar-refractivity contribution in [2.75, 3.05) is 114 Å². The Morgan fingerprint density at radius 1 is 0.389 bits per heavy atom. The minimum Gasteiger partial charge on any atom is -0.851 e. The Kier molecular flexibility index (Phi) is 9.06. The molecule has 2 N–H and O–H groups in total. The molecule has 6 aromatic rings. The van der Waals surface area contributed by atoms with Crippen LogP contribution >= 0.6 is 0 Å². The lowest BCUT2D eigenvalue weighted by Gasteiger charge is -2.62. The molecule has 2 unspecified atom stereocenters. The van der Waals surface area contributed by atoms with Crippen molar-refractivity contribution in [1.29, 1.82) is 0 Å². The molecule has 10 nitrogen and oxygen atoms in total. The molecule has 6 aromatic carbocycles. The van der Waals surface area contributed by atoms with Gasteiger partial charge in [0.25, 0.3) is 0 Å². The van der Waals surface area contributed by atoms with Crippen LogP contribution in [-0.2, 0) is 0 Å². The molecule has 1 fully saturated rings. The topological polar surface area (TPSA) is 106 Å². The number of phenolic OH excluding ortho intramolecular Hbond substituents is 2. The van der Waals surface area contributed by atoms with Gasteiger partial charge in [0, 0.05) is 140 Å². The fraction of sp³-hybridized carbons (Fsp3) is 0.364. The second-order valence-electron chi connectivity index (χ2n) is 16.0. The Balaban J connectivity index is 1.61. The summed E-state index contributed by atoms with van der Waals surface area (Å²) < 4.78 is 0. The van der Waals surface area contributed by atoms with Gasteiger partial charge in [-0.15, -0.1) is 12.2 Å². The molecular weight excluding hydrogens is 677 g/mol. The highest BCUT2D eigenvalue weighted by molar-refractivity contribution is 6.25. The number of phenols is 2. The van der Waals surface area contributed by atoms with Crippen LogP contribution in [0.1, 0.15) is 23.0 Å². The van der Waals surface area contributed by atoms with Crippen molar-refractivity contribution in [3.8, 4) is 11.5 Å². The lowest BCUT2D eigenvalue weighted by atomic mass is 9.60. The van der Waals surface area contributed by atoms with E-state index >= 15 is 10.2 Å². The third-order valence-corrected chi connectivity index (χ3v) is 11.4. The highest BCUT2D eigenvalue weighted by Crippen LogP contribution is 2.59. The van der Waals surface area contributed by atoms with Crippen LogP contribution in [-0.4, -0.2) is 107 Å². The monoisotopic (exact) mass is 728 g/mol. The summed E-state index contributed by atoms with van der Waals surface area (Å²) in [5.74, 6) is -2.03. The molecule has 54 heavy (non-hydrogen) atoms. The molecule has 10 heteroatoms. The van der Waals surface area contributed by atoms with Crippen LogP contribution in [0.2, 0.25) is 0 Å². The Bertz CT molecular complexity index is 2300. The van der Waals surface area contributed by atoms with Crippen LogP contribution < -0.4 is 39.6 Å². The first-order chi connectivity index (χ1) is 25.5. The molecule has 2 atom stereocenters. The summed E-state index contributed by atoms with van der Waals surface area (Å²) in [6, 6.07) is 19.2. The lowest BCUT2D eigenvalue weighted by Crippen LogP contribution is -2.63. The van der Waals surface area contributed by atoms with Gasteiger partial charge in [0.05, 0.1) is 11.4 Å². The maximum atomic E-state index is 15.3. The van der Waals surface area contributed by atoms with Crippen molar-refractivity contribution in [2.24, 2.45) is 0 Å². The van der Waals surface area contributed by atoms with Crippen LogP contribution in [0.5, 0.6) is 11.5 Å². The van der Waals surface area contributed by atoms with Crippen LogP contribution in [0, 0.1) is 0 Å². The maximum absolute atomic E-state index is 15.3. The third kappa shape index (κ3) is 5.21. The van der Waals surface area contributed by atoms with E-state index < -0.39 is 24.0 Å². The zero-order valence-electron chi connectivity index (χ0n) is 33.5. The first-order valence-electron chi connectivity index (χ1n) is 18.3. The van der Waals surface area contributed by atoms with Crippen LogP contribution in [0.25, 0.3) is 43.1 Å². The summed E-state index contributed by atoms with van der Waals surface area (Å²) >= 11 is 0. The third-order valence-electron chi connectivity index (χ3n) is 11.4. The van der Waals surface area contributed by atoms with E-state index in [4.69, 9.17) is 0 Å². The first-order valence-corrected chi connectivity index (χ1v) is 18.3. The smallest absolute Gasteiger partial charge is 0.123 e. The van der Waals surface area contributed by atoms with Crippen LogP contribution in [0.3, 0.4) is 0 Å². The van der Waals surface area contributed by atoms with Gasteiger partial charge >= 0.3 is 0 Å². The van der Waals surface area contributed by atoms with Crippen LogP contribution in [0.4, 0.5) is 34.1 Å². The van der Waals surface area contributed by atoms with Gasteiger partial charge in [-0.1, -0.05) is 24.3 Å². The van der Waals surface area contributed by atoms with E-state index in [0.29, 0.717) is 16.3 Å². The van der Waals surface area contributed by atoms with E-state index in [9.17, 15) is 10.2 Å². The molecule has 0 aliphatic heterocycles. The largest absolute Gasteiger partial charge is 0.851 e. The predicted octanol–water partition coefficient (Wildman–Crippen LogP) is 5.45. The molecule has 0 heterocycles. The number of anilines is 6. The van der Waals surface area contributed by atoms with E-state index in [1.807, 2.05) is 136 Å². The molecule has 0 aromatic heterocycles. The van der Waals surface area contributed by atoms with E-state index in [1.54, 1.807) is 12.1 Å². The average Bonchev–Trinajstić information content (AvgIpc) is 3.10. The summed E-state index contributed by atoms with van der Waals surface area (Å²) in [6.45, 7) is 0. The number of nitrogens with zero attached hydrogens (tertiary/aromatic N) is 6. The molecular formula is C44H52N6O4-2. The van der Waals surface area contributed by atoms with Gasteiger partial charge in [-0.2, -0.15) is 0 Å². The predicted molar refractivity (Wildman–Crippen MR) is 225 cm³/mol. The Labute approximate surface area is 318 Å². The molecule has 1 aliphatic carbocycles. The molecule has 1 aliphatic rings. The number of benzene rings is 6. The van der Waals surface area contributed by atoms with Gasteiger partial charge < -0.3 is 49.8 Å². The normalized spacial score (nSPS) is 18.3. The highest BCUT2D eigenvalue weighted by Gasteiger charge is 2.43. The van der Waals surface area contributed by atoms with Gasteiger partial charge in [-0.25, -0.2) is 0 Å². The molecule has 0 saturated heterocycles. The summed E-state index contributed by atoms with van der Waals surface area (Å²) in [7, 11) is 23.7. The minimum atomic E-state index is -1.38. The van der Waals surface area contributed by atoms with E-state index in [0.717, 1.165) is 72.0 Å². The molecule has 0 bridgehead atoms. The fourth-order valence-electron chi connectivity index (χ4n) is 9.14. The highest BCUT2D eigenvalue weighted by atomic mass is 16.3. The fourth-order valence-corrected chi connectivity index (χ4v) is 9.14. The number of hydrogen-bond acceptors (Lipinski definition) is 10. The number of hydrogen-bond donors (Lipinski definition) is 2. The standard InChI is InChI=1S/C44H52N6O4/c1-45(2)25-17-13-15-23-31(24-16-14-18-26(46(3)4)33(24)41(32(23)25)49(9)10)39-43(53)40(44(39)54)38-36-29(51)21-19-27(47(5)6)34(36)42(50(11)12)35-28(48(7)8)20-22-30(52)37(35)38/h13-22,39-40,43-44,51-52H,1-12H3/q-2. The van der Waals surface area contributed by atoms with Crippen molar-refractivity contribution < 1.29 is 20.4 Å². The number of aromatic hydroxyl groups is 2. The average molecular weight is 729 g/mol. The van der Waals surface area contributed by atoms with E-state index in [2.05, 4.69) is 26.8 Å². The zero-order chi connectivity index (χ0) is 39.2. The summed E-state index contributed by atoms with van der Waals surface area (Å²) in [6.07, 6.45) is -2.76. The Morgan fingerprint density at radius 2 is 0.722 bits per heavy atom. The first kappa shape index (κ1) is 37.0. The van der Waals surface area contributed by atoms with E-state index in [-0.39, 0.29) is 11.5 Å². The number of fused-ring (bicyclic) bond motifs is 4. The SMILES string of the molecule is CN(C)c1cccc2c(C3C([O-])C(c4c5c(O)ccc(N(C)C)c5c(N(C)C)c5c(N(C)C)ccc(O)c45)C3[O-])c3cccc(N(C)C)c3c(N(C)C)c12. The lowest BCUT2D eigenvalue weighted by molar-refractivity contribution is -0.535. The molecule has 0 amide bonds. The molecule has 1 saturated carbocycles. The Morgan fingerprint density at radius 3 is 1.07 bits per heavy atom.